The number of rotatable bonds is 4. The molecule has 5 rings (SSSR count). The second kappa shape index (κ2) is 6.49. The first-order valence-corrected chi connectivity index (χ1v) is 9.00. The highest BCUT2D eigenvalue weighted by Crippen LogP contribution is 2.30. The number of aromatic nitrogens is 2. The molecule has 0 spiro atoms. The smallest absolute Gasteiger partial charge is 0.205 e. The van der Waals surface area contributed by atoms with E-state index in [2.05, 4.69) is 15.3 Å². The third-order valence-electron chi connectivity index (χ3n) is 4.80. The first-order chi connectivity index (χ1) is 13.6. The van der Waals surface area contributed by atoms with E-state index in [1.807, 2.05) is 42.5 Å². The number of aromatic amines is 1. The molecule has 2 N–H and O–H groups in total. The third-order valence-corrected chi connectivity index (χ3v) is 4.80. The molecule has 0 saturated heterocycles. The number of ether oxygens (including phenoxy) is 1. The van der Waals surface area contributed by atoms with Crippen molar-refractivity contribution < 1.29 is 13.9 Å². The molecular formula is C22H16FN3O2. The molecule has 28 heavy (non-hydrogen) atoms. The van der Waals surface area contributed by atoms with E-state index in [1.54, 1.807) is 6.07 Å². The van der Waals surface area contributed by atoms with Gasteiger partial charge in [0.05, 0.1) is 11.0 Å². The molecule has 0 fully saturated rings. The lowest BCUT2D eigenvalue weighted by Gasteiger charge is -2.08. The topological polar surface area (TPSA) is 67.0 Å². The Labute approximate surface area is 160 Å². The summed E-state index contributed by atoms with van der Waals surface area (Å²) in [6, 6.07) is 17.5. The molecule has 0 bridgehead atoms. The van der Waals surface area contributed by atoms with Crippen LogP contribution in [-0.4, -0.2) is 15.8 Å². The quantitative estimate of drug-likeness (QED) is 0.505. The molecule has 0 amide bonds. The van der Waals surface area contributed by atoms with Crippen LogP contribution in [0, 0.1) is 5.82 Å². The number of halogens is 1. The van der Waals surface area contributed by atoms with Gasteiger partial charge in [-0.3, -0.25) is 4.79 Å². The highest BCUT2D eigenvalue weighted by atomic mass is 19.1. The van der Waals surface area contributed by atoms with Gasteiger partial charge in [-0.1, -0.05) is 0 Å². The highest BCUT2D eigenvalue weighted by Gasteiger charge is 2.19. The molecule has 138 valence electrons. The van der Waals surface area contributed by atoms with Gasteiger partial charge in [0.2, 0.25) is 5.95 Å². The fourth-order valence-electron chi connectivity index (χ4n) is 3.42. The van der Waals surface area contributed by atoms with E-state index in [0.717, 1.165) is 23.2 Å². The number of nitrogens with zero attached hydrogens (tertiary/aromatic N) is 1. The summed E-state index contributed by atoms with van der Waals surface area (Å²) in [6.07, 6.45) is 1.35. The lowest BCUT2D eigenvalue weighted by molar-refractivity contribution is 0.0994. The van der Waals surface area contributed by atoms with Crippen LogP contribution in [0.1, 0.15) is 22.3 Å². The van der Waals surface area contributed by atoms with Crippen molar-refractivity contribution in [1.29, 1.82) is 0 Å². The molecule has 5 nitrogen and oxygen atoms in total. The minimum atomic E-state index is -0.305. The number of hydrogen-bond acceptors (Lipinski definition) is 4. The minimum Gasteiger partial charge on any atom is -0.457 e. The Morgan fingerprint density at radius 2 is 1.79 bits per heavy atom. The second-order valence-electron chi connectivity index (χ2n) is 6.74. The number of anilines is 2. The minimum absolute atomic E-state index is 0.199. The zero-order valence-corrected chi connectivity index (χ0v) is 14.8. The second-order valence-corrected chi connectivity index (χ2v) is 6.74. The monoisotopic (exact) mass is 373 g/mol. The average molecular weight is 373 g/mol. The van der Waals surface area contributed by atoms with Crippen molar-refractivity contribution in [2.24, 2.45) is 0 Å². The van der Waals surface area contributed by atoms with Gasteiger partial charge in [-0.2, -0.15) is 0 Å². The molecule has 0 atom stereocenters. The number of imidazole rings is 1. The van der Waals surface area contributed by atoms with E-state index in [4.69, 9.17) is 4.74 Å². The first kappa shape index (κ1) is 16.5. The van der Waals surface area contributed by atoms with E-state index >= 15 is 0 Å². The molecule has 0 unspecified atom stereocenters. The van der Waals surface area contributed by atoms with Crippen LogP contribution in [0.15, 0.2) is 60.7 Å². The maximum atomic E-state index is 13.3. The number of fused-ring (bicyclic) bond motifs is 2. The molecule has 4 aromatic rings. The van der Waals surface area contributed by atoms with Gasteiger partial charge in [0.15, 0.2) is 5.78 Å². The molecular weight excluding hydrogens is 357 g/mol. The first-order valence-electron chi connectivity index (χ1n) is 9.00. The summed E-state index contributed by atoms with van der Waals surface area (Å²) in [5, 5.41) is 3.16. The van der Waals surface area contributed by atoms with Crippen LogP contribution < -0.4 is 10.1 Å². The molecule has 0 saturated carbocycles. The van der Waals surface area contributed by atoms with E-state index in [0.29, 0.717) is 34.9 Å². The number of Topliss-reactive ketones (excluding diaryl/α,β-unsaturated/α-hetero) is 1. The van der Waals surface area contributed by atoms with Crippen LogP contribution in [0.5, 0.6) is 11.5 Å². The van der Waals surface area contributed by atoms with Crippen molar-refractivity contribution in [3.63, 3.8) is 0 Å². The zero-order chi connectivity index (χ0) is 19.1. The maximum Gasteiger partial charge on any atom is 0.205 e. The number of hydrogen-bond donors (Lipinski definition) is 2. The molecule has 1 heterocycles. The van der Waals surface area contributed by atoms with Crippen molar-refractivity contribution >= 4 is 28.5 Å². The fourth-order valence-corrected chi connectivity index (χ4v) is 3.42. The predicted octanol–water partition coefficient (Wildman–Crippen LogP) is 5.37. The van der Waals surface area contributed by atoms with Gasteiger partial charge < -0.3 is 15.0 Å². The van der Waals surface area contributed by atoms with Gasteiger partial charge in [-0.05, 0) is 72.6 Å². The molecule has 1 aromatic heterocycles. The predicted molar refractivity (Wildman–Crippen MR) is 105 cm³/mol. The molecule has 0 aliphatic heterocycles. The van der Waals surface area contributed by atoms with Crippen molar-refractivity contribution in [3.05, 3.63) is 77.6 Å². The van der Waals surface area contributed by atoms with Crippen LogP contribution in [0.3, 0.4) is 0 Å². The number of benzene rings is 3. The number of carbonyl (C=O) groups excluding carboxylic acids is 1. The van der Waals surface area contributed by atoms with Crippen molar-refractivity contribution in [2.45, 2.75) is 12.8 Å². The maximum absolute atomic E-state index is 13.3. The molecule has 1 aliphatic carbocycles. The van der Waals surface area contributed by atoms with Crippen LogP contribution in [0.25, 0.3) is 11.0 Å². The van der Waals surface area contributed by atoms with Gasteiger partial charge in [0, 0.05) is 17.7 Å². The third kappa shape index (κ3) is 3.09. The summed E-state index contributed by atoms with van der Waals surface area (Å²) in [7, 11) is 0. The summed E-state index contributed by atoms with van der Waals surface area (Å²) in [5.41, 5.74) is 4.00. The van der Waals surface area contributed by atoms with Crippen molar-refractivity contribution in [1.82, 2.24) is 9.97 Å². The van der Waals surface area contributed by atoms with Gasteiger partial charge in [0.1, 0.15) is 17.3 Å². The standard InChI is InChI=1S/C22H16FN3O2/c23-14-2-9-19-20(12-14)26-22(25-19)24-15-3-5-16(6-4-15)28-17-7-8-18-13(11-17)1-10-21(18)27/h2-9,11-12H,1,10H2,(H2,24,25,26). The van der Waals surface area contributed by atoms with Gasteiger partial charge in [0.25, 0.3) is 0 Å². The number of aryl methyl sites for hydroxylation is 1. The van der Waals surface area contributed by atoms with Crippen LogP contribution in [-0.2, 0) is 6.42 Å². The number of ketones is 1. The summed E-state index contributed by atoms with van der Waals surface area (Å²) in [5.74, 6) is 1.85. The van der Waals surface area contributed by atoms with Gasteiger partial charge in [-0.25, -0.2) is 9.37 Å². The lowest BCUT2D eigenvalue weighted by atomic mass is 10.1. The summed E-state index contributed by atoms with van der Waals surface area (Å²) in [6.45, 7) is 0. The largest absolute Gasteiger partial charge is 0.457 e. The van der Waals surface area contributed by atoms with Gasteiger partial charge >= 0.3 is 0 Å². The van der Waals surface area contributed by atoms with E-state index in [-0.39, 0.29) is 11.6 Å². The summed E-state index contributed by atoms with van der Waals surface area (Å²) < 4.78 is 19.2. The average Bonchev–Trinajstić information content (AvgIpc) is 3.26. The fraction of sp³-hybridized carbons (Fsp3) is 0.0909. The summed E-state index contributed by atoms with van der Waals surface area (Å²) >= 11 is 0. The van der Waals surface area contributed by atoms with E-state index in [9.17, 15) is 9.18 Å². The molecule has 0 radical (unpaired) electrons. The highest BCUT2D eigenvalue weighted by molar-refractivity contribution is 6.00. The van der Waals surface area contributed by atoms with E-state index < -0.39 is 0 Å². The van der Waals surface area contributed by atoms with Crippen LogP contribution in [0.4, 0.5) is 16.0 Å². The lowest BCUT2D eigenvalue weighted by Crippen LogP contribution is -1.93. The Morgan fingerprint density at radius 3 is 2.64 bits per heavy atom. The normalized spacial score (nSPS) is 13.0. The number of H-pyrrole nitrogens is 1. The Balaban J connectivity index is 1.30. The van der Waals surface area contributed by atoms with Crippen LogP contribution >= 0.6 is 0 Å². The van der Waals surface area contributed by atoms with Crippen LogP contribution in [0.2, 0.25) is 0 Å². The number of carbonyl (C=O) groups is 1. The molecule has 6 heteroatoms. The van der Waals surface area contributed by atoms with Gasteiger partial charge in [-0.15, -0.1) is 0 Å². The SMILES string of the molecule is O=C1CCc2cc(Oc3ccc(Nc4nc5ccc(F)cc5[nH]4)cc3)ccc21. The molecule has 3 aromatic carbocycles. The van der Waals surface area contributed by atoms with Crippen molar-refractivity contribution in [2.75, 3.05) is 5.32 Å². The Bertz CT molecular complexity index is 1200. The Morgan fingerprint density at radius 1 is 0.964 bits per heavy atom. The number of nitrogens with one attached hydrogen (secondary N) is 2. The Kier molecular flexibility index (Phi) is 3.83. The Hall–Kier alpha value is -3.67. The molecule has 1 aliphatic rings. The van der Waals surface area contributed by atoms with Crippen molar-refractivity contribution in [3.8, 4) is 11.5 Å². The summed E-state index contributed by atoms with van der Waals surface area (Å²) in [4.78, 5) is 19.2. The zero-order valence-electron chi connectivity index (χ0n) is 14.8. The van der Waals surface area contributed by atoms with E-state index in [1.165, 1.54) is 12.1 Å².